The third-order valence-corrected chi connectivity index (χ3v) is 3.31. The van der Waals surface area contributed by atoms with Gasteiger partial charge in [-0.25, -0.2) is 0 Å². The SMILES string of the molecule is CN(O)C(C)(C)c1cccc(C(C)(C)N=O)c1. The summed E-state index contributed by atoms with van der Waals surface area (Å²) in [6.45, 7) is 7.37. The minimum atomic E-state index is -0.750. The van der Waals surface area contributed by atoms with Gasteiger partial charge in [-0.2, -0.15) is 5.06 Å². The van der Waals surface area contributed by atoms with Crippen molar-refractivity contribution in [1.29, 1.82) is 0 Å². The highest BCUT2D eigenvalue weighted by Crippen LogP contribution is 2.30. The zero-order valence-electron chi connectivity index (χ0n) is 11.1. The minimum absolute atomic E-state index is 0.505. The van der Waals surface area contributed by atoms with E-state index < -0.39 is 11.1 Å². The van der Waals surface area contributed by atoms with Crippen LogP contribution in [0.25, 0.3) is 0 Å². The molecule has 1 N–H and O–H groups in total. The predicted octanol–water partition coefficient (Wildman–Crippen LogP) is 3.24. The van der Waals surface area contributed by atoms with Crippen LogP contribution in [-0.4, -0.2) is 17.3 Å². The lowest BCUT2D eigenvalue weighted by Gasteiger charge is -2.32. The van der Waals surface area contributed by atoms with Gasteiger partial charge in [0.2, 0.25) is 0 Å². The van der Waals surface area contributed by atoms with Crippen molar-refractivity contribution in [3.8, 4) is 0 Å². The van der Waals surface area contributed by atoms with Gasteiger partial charge in [-0.1, -0.05) is 29.4 Å². The van der Waals surface area contributed by atoms with E-state index in [0.717, 1.165) is 16.2 Å². The van der Waals surface area contributed by atoms with E-state index in [2.05, 4.69) is 5.18 Å². The Labute approximate surface area is 102 Å². The van der Waals surface area contributed by atoms with Crippen molar-refractivity contribution in [2.75, 3.05) is 7.05 Å². The molecule has 0 aliphatic rings. The maximum absolute atomic E-state index is 10.8. The minimum Gasteiger partial charge on any atom is -0.313 e. The van der Waals surface area contributed by atoms with Crippen molar-refractivity contribution < 1.29 is 5.21 Å². The summed E-state index contributed by atoms with van der Waals surface area (Å²) >= 11 is 0. The third-order valence-electron chi connectivity index (χ3n) is 3.31. The molecule has 0 saturated carbocycles. The molecule has 0 aliphatic heterocycles. The van der Waals surface area contributed by atoms with Gasteiger partial charge < -0.3 is 5.21 Å². The lowest BCUT2D eigenvalue weighted by atomic mass is 9.88. The van der Waals surface area contributed by atoms with Crippen LogP contribution in [0.15, 0.2) is 29.4 Å². The molecular weight excluding hydrogens is 216 g/mol. The second kappa shape index (κ2) is 4.55. The summed E-state index contributed by atoms with van der Waals surface area (Å²) in [5, 5.41) is 13.9. The van der Waals surface area contributed by atoms with Gasteiger partial charge in [-0.05, 0) is 38.8 Å². The van der Waals surface area contributed by atoms with Crippen molar-refractivity contribution in [2.45, 2.75) is 38.8 Å². The third kappa shape index (κ3) is 2.70. The molecule has 0 saturated heterocycles. The molecule has 0 fully saturated rings. The van der Waals surface area contributed by atoms with Crippen LogP contribution in [0.4, 0.5) is 0 Å². The van der Waals surface area contributed by atoms with E-state index in [0.29, 0.717) is 0 Å². The van der Waals surface area contributed by atoms with Crippen molar-refractivity contribution in [3.05, 3.63) is 40.3 Å². The molecular formula is C13H20N2O2. The summed E-state index contributed by atoms with van der Waals surface area (Å²) in [6, 6.07) is 7.59. The quantitative estimate of drug-likeness (QED) is 0.645. The Morgan fingerprint density at radius 3 is 2.18 bits per heavy atom. The van der Waals surface area contributed by atoms with Crippen molar-refractivity contribution >= 4 is 0 Å². The van der Waals surface area contributed by atoms with Gasteiger partial charge >= 0.3 is 0 Å². The van der Waals surface area contributed by atoms with E-state index in [1.807, 2.05) is 38.1 Å². The number of hydrogen-bond acceptors (Lipinski definition) is 4. The fourth-order valence-corrected chi connectivity index (χ4v) is 1.52. The number of hydrogen-bond donors (Lipinski definition) is 1. The standard InChI is InChI=1S/C13H20N2O2/c1-12(2,14-16)10-7-6-8-11(9-10)13(3,4)15(5)17/h6-9,17H,1-5H3. The van der Waals surface area contributed by atoms with Crippen LogP contribution >= 0.6 is 0 Å². The van der Waals surface area contributed by atoms with Gasteiger partial charge in [0.15, 0.2) is 0 Å². The maximum atomic E-state index is 10.8. The molecule has 0 atom stereocenters. The molecule has 1 rings (SSSR count). The highest BCUT2D eigenvalue weighted by Gasteiger charge is 2.28. The molecule has 0 bridgehead atoms. The number of nitrogens with zero attached hydrogens (tertiary/aromatic N) is 2. The number of nitroso groups, excluding NO2 is 1. The van der Waals surface area contributed by atoms with Crippen LogP contribution < -0.4 is 0 Å². The lowest BCUT2D eigenvalue weighted by molar-refractivity contribution is -0.143. The summed E-state index contributed by atoms with van der Waals surface area (Å²) in [7, 11) is 1.61. The monoisotopic (exact) mass is 236 g/mol. The lowest BCUT2D eigenvalue weighted by Crippen LogP contribution is -2.36. The number of hydroxylamine groups is 2. The average Bonchev–Trinajstić information content (AvgIpc) is 2.29. The normalized spacial score (nSPS) is 12.9. The Bertz CT molecular complexity index is 412. The molecule has 17 heavy (non-hydrogen) atoms. The Morgan fingerprint density at radius 1 is 1.18 bits per heavy atom. The zero-order valence-corrected chi connectivity index (χ0v) is 11.1. The summed E-state index contributed by atoms with van der Waals surface area (Å²) in [5.74, 6) is 0. The van der Waals surface area contributed by atoms with Gasteiger partial charge in [0, 0.05) is 7.05 Å². The molecule has 1 aromatic rings. The highest BCUT2D eigenvalue weighted by molar-refractivity contribution is 5.32. The highest BCUT2D eigenvalue weighted by atomic mass is 16.5. The van der Waals surface area contributed by atoms with Crippen molar-refractivity contribution in [1.82, 2.24) is 5.06 Å². The van der Waals surface area contributed by atoms with Gasteiger partial charge in [-0.15, -0.1) is 4.91 Å². The van der Waals surface area contributed by atoms with E-state index in [-0.39, 0.29) is 0 Å². The van der Waals surface area contributed by atoms with Crippen LogP contribution in [0.1, 0.15) is 38.8 Å². The fourth-order valence-electron chi connectivity index (χ4n) is 1.52. The second-order valence-electron chi connectivity index (χ2n) is 5.31. The summed E-state index contributed by atoms with van der Waals surface area (Å²) in [6.07, 6.45) is 0. The van der Waals surface area contributed by atoms with Crippen LogP contribution in [0.2, 0.25) is 0 Å². The summed E-state index contributed by atoms with van der Waals surface area (Å²) in [4.78, 5) is 10.8. The van der Waals surface area contributed by atoms with Crippen LogP contribution in [-0.2, 0) is 11.1 Å². The molecule has 0 radical (unpaired) electrons. The van der Waals surface area contributed by atoms with E-state index >= 15 is 0 Å². The van der Waals surface area contributed by atoms with E-state index in [4.69, 9.17) is 0 Å². The molecule has 1 aromatic carbocycles. The molecule has 0 aromatic heterocycles. The molecule has 0 aliphatic carbocycles. The topological polar surface area (TPSA) is 52.9 Å². The number of rotatable bonds is 4. The van der Waals surface area contributed by atoms with Crippen LogP contribution in [0.3, 0.4) is 0 Å². The Morgan fingerprint density at radius 2 is 1.71 bits per heavy atom. The number of benzene rings is 1. The summed E-state index contributed by atoms with van der Waals surface area (Å²) in [5.41, 5.74) is 0.534. The van der Waals surface area contributed by atoms with E-state index in [9.17, 15) is 10.1 Å². The Kier molecular flexibility index (Phi) is 3.69. The summed E-state index contributed by atoms with van der Waals surface area (Å²) < 4.78 is 0. The first-order chi connectivity index (χ1) is 7.71. The molecule has 94 valence electrons. The first-order valence-electron chi connectivity index (χ1n) is 5.60. The predicted molar refractivity (Wildman–Crippen MR) is 67.8 cm³/mol. The van der Waals surface area contributed by atoms with Crippen molar-refractivity contribution in [3.63, 3.8) is 0 Å². The molecule has 0 heterocycles. The smallest absolute Gasteiger partial charge is 0.122 e. The molecule has 0 unspecified atom stereocenters. The van der Waals surface area contributed by atoms with Gasteiger partial charge in [-0.3, -0.25) is 0 Å². The van der Waals surface area contributed by atoms with Crippen LogP contribution in [0.5, 0.6) is 0 Å². The van der Waals surface area contributed by atoms with Crippen LogP contribution in [0, 0.1) is 4.91 Å². The van der Waals surface area contributed by atoms with Gasteiger partial charge in [0.05, 0.1) is 5.54 Å². The molecule has 0 spiro atoms. The zero-order chi connectivity index (χ0) is 13.3. The fraction of sp³-hybridized carbons (Fsp3) is 0.538. The first kappa shape index (κ1) is 13.8. The maximum Gasteiger partial charge on any atom is 0.122 e. The largest absolute Gasteiger partial charge is 0.313 e. The van der Waals surface area contributed by atoms with Gasteiger partial charge in [0.1, 0.15) is 5.54 Å². The second-order valence-corrected chi connectivity index (χ2v) is 5.31. The Hall–Kier alpha value is -1.26. The Balaban J connectivity index is 3.23. The molecule has 4 nitrogen and oxygen atoms in total. The first-order valence-corrected chi connectivity index (χ1v) is 5.60. The average molecular weight is 236 g/mol. The van der Waals surface area contributed by atoms with E-state index in [1.165, 1.54) is 0 Å². The molecule has 4 heteroatoms. The van der Waals surface area contributed by atoms with E-state index in [1.54, 1.807) is 20.9 Å². The van der Waals surface area contributed by atoms with Crippen molar-refractivity contribution in [2.24, 2.45) is 5.18 Å². The molecule has 0 amide bonds. The van der Waals surface area contributed by atoms with Gasteiger partial charge in [0.25, 0.3) is 0 Å².